The highest BCUT2D eigenvalue weighted by Crippen LogP contribution is 2.21. The Morgan fingerprint density at radius 3 is 2.79 bits per heavy atom. The van der Waals surface area contributed by atoms with Gasteiger partial charge in [0.15, 0.2) is 5.65 Å². The third-order valence-corrected chi connectivity index (χ3v) is 4.71. The molecular weight excluding hydrogens is 342 g/mol. The maximum absolute atomic E-state index is 12.4. The molecular formula is C13H14F2N6O2S. The molecule has 0 atom stereocenters. The van der Waals surface area contributed by atoms with Crippen LogP contribution in [0.25, 0.3) is 11.0 Å². The number of anilines is 1. The van der Waals surface area contributed by atoms with E-state index in [4.69, 9.17) is 0 Å². The number of pyridine rings is 1. The quantitative estimate of drug-likeness (QED) is 0.748. The largest absolute Gasteiger partial charge is 0.276 e. The number of nitrogens with zero attached hydrogens (tertiary/aromatic N) is 5. The lowest BCUT2D eigenvalue weighted by Crippen LogP contribution is -2.13. The fraction of sp³-hybridized carbons (Fsp3) is 0.308. The van der Waals surface area contributed by atoms with Gasteiger partial charge in [-0.15, -0.1) is 0 Å². The molecule has 0 aromatic carbocycles. The number of nitrogens with one attached hydrogen (secondary N) is 1. The Morgan fingerprint density at radius 2 is 2.08 bits per heavy atom. The number of aryl methyl sites for hydroxylation is 2. The zero-order valence-electron chi connectivity index (χ0n) is 12.8. The Labute approximate surface area is 136 Å². The third kappa shape index (κ3) is 3.07. The van der Waals surface area contributed by atoms with Crippen LogP contribution in [0.1, 0.15) is 5.69 Å². The van der Waals surface area contributed by atoms with Crippen LogP contribution in [0.3, 0.4) is 0 Å². The molecule has 0 saturated heterocycles. The van der Waals surface area contributed by atoms with E-state index in [-0.39, 0.29) is 10.6 Å². The van der Waals surface area contributed by atoms with E-state index in [2.05, 4.69) is 19.9 Å². The zero-order valence-corrected chi connectivity index (χ0v) is 13.6. The van der Waals surface area contributed by atoms with Crippen LogP contribution >= 0.6 is 0 Å². The predicted molar refractivity (Wildman–Crippen MR) is 82.3 cm³/mol. The minimum atomic E-state index is -3.92. The fourth-order valence-electron chi connectivity index (χ4n) is 2.31. The van der Waals surface area contributed by atoms with Crippen molar-refractivity contribution < 1.29 is 17.2 Å². The van der Waals surface area contributed by atoms with Gasteiger partial charge in [-0.2, -0.15) is 10.2 Å². The second kappa shape index (κ2) is 5.82. The summed E-state index contributed by atoms with van der Waals surface area (Å²) in [5, 5.41) is 8.48. The first-order valence-electron chi connectivity index (χ1n) is 6.89. The highest BCUT2D eigenvalue weighted by Gasteiger charge is 2.18. The highest BCUT2D eigenvalue weighted by molar-refractivity contribution is 7.92. The van der Waals surface area contributed by atoms with Crippen LogP contribution in [0.5, 0.6) is 0 Å². The molecule has 0 aliphatic heterocycles. The molecule has 0 spiro atoms. The standard InChI is InChI=1S/C13H14F2N6O2S/c1-8-11-3-10(5-16-13(11)20(2)18-8)24(22,23)19-9-4-17-21(6-9)7-12(14)15/h3-6,12,19H,7H2,1-2H3. The van der Waals surface area contributed by atoms with Gasteiger partial charge in [0.25, 0.3) is 16.4 Å². The van der Waals surface area contributed by atoms with Gasteiger partial charge in [0.1, 0.15) is 11.4 Å². The van der Waals surface area contributed by atoms with E-state index < -0.39 is 23.0 Å². The SMILES string of the molecule is Cc1nn(C)c2ncc(S(=O)(=O)Nc3cnn(CC(F)F)c3)cc12. The molecule has 0 unspecified atom stereocenters. The molecule has 0 radical (unpaired) electrons. The van der Waals surface area contributed by atoms with Crippen molar-refractivity contribution in [3.8, 4) is 0 Å². The maximum Gasteiger partial charge on any atom is 0.263 e. The van der Waals surface area contributed by atoms with Crippen molar-refractivity contribution in [1.82, 2.24) is 24.5 Å². The topological polar surface area (TPSA) is 94.7 Å². The predicted octanol–water partition coefficient (Wildman–Crippen LogP) is 1.54. The molecule has 8 nitrogen and oxygen atoms in total. The van der Waals surface area contributed by atoms with Crippen LogP contribution in [-0.2, 0) is 23.6 Å². The number of aromatic nitrogens is 5. The van der Waals surface area contributed by atoms with Gasteiger partial charge in [0.05, 0.1) is 17.6 Å². The molecule has 0 aliphatic rings. The monoisotopic (exact) mass is 356 g/mol. The Morgan fingerprint density at radius 1 is 1.33 bits per heavy atom. The van der Waals surface area contributed by atoms with Gasteiger partial charge in [0.2, 0.25) is 0 Å². The second-order valence-electron chi connectivity index (χ2n) is 5.20. The summed E-state index contributed by atoms with van der Waals surface area (Å²) in [4.78, 5) is 4.07. The van der Waals surface area contributed by atoms with Gasteiger partial charge in [-0.25, -0.2) is 22.2 Å². The Kier molecular flexibility index (Phi) is 3.95. The Balaban J connectivity index is 1.90. The number of sulfonamides is 1. The molecule has 0 aliphatic carbocycles. The molecule has 0 saturated carbocycles. The first kappa shape index (κ1) is 16.3. The van der Waals surface area contributed by atoms with Gasteiger partial charge in [-0.3, -0.25) is 14.1 Å². The highest BCUT2D eigenvalue weighted by atomic mass is 32.2. The van der Waals surface area contributed by atoms with Crippen molar-refractivity contribution >= 4 is 26.7 Å². The number of hydrogen-bond donors (Lipinski definition) is 1. The second-order valence-corrected chi connectivity index (χ2v) is 6.88. The number of alkyl halides is 2. The lowest BCUT2D eigenvalue weighted by Gasteiger charge is -2.06. The summed E-state index contributed by atoms with van der Waals surface area (Å²) >= 11 is 0. The first-order chi connectivity index (χ1) is 11.3. The van der Waals surface area contributed by atoms with Gasteiger partial charge in [-0.05, 0) is 13.0 Å². The van der Waals surface area contributed by atoms with Crippen LogP contribution in [0, 0.1) is 6.92 Å². The van der Waals surface area contributed by atoms with E-state index in [0.29, 0.717) is 16.7 Å². The smallest absolute Gasteiger partial charge is 0.263 e. The van der Waals surface area contributed by atoms with Gasteiger partial charge in [0, 0.05) is 24.8 Å². The fourth-order valence-corrected chi connectivity index (χ4v) is 3.31. The minimum Gasteiger partial charge on any atom is -0.276 e. The van der Waals surface area contributed by atoms with Gasteiger partial charge in [-0.1, -0.05) is 0 Å². The third-order valence-electron chi connectivity index (χ3n) is 3.36. The summed E-state index contributed by atoms with van der Waals surface area (Å²) in [7, 11) is -2.20. The van der Waals surface area contributed by atoms with Crippen molar-refractivity contribution in [3.05, 3.63) is 30.4 Å². The molecule has 0 amide bonds. The number of rotatable bonds is 5. The van der Waals surface area contributed by atoms with Crippen LogP contribution in [0.4, 0.5) is 14.5 Å². The van der Waals surface area contributed by atoms with E-state index in [1.54, 1.807) is 18.7 Å². The molecule has 128 valence electrons. The van der Waals surface area contributed by atoms with Crippen molar-refractivity contribution in [3.63, 3.8) is 0 Å². The lowest BCUT2D eigenvalue weighted by molar-refractivity contribution is 0.122. The molecule has 3 heterocycles. The molecule has 1 N–H and O–H groups in total. The van der Waals surface area contributed by atoms with Gasteiger partial charge >= 0.3 is 0 Å². The van der Waals surface area contributed by atoms with Crippen molar-refractivity contribution in [2.24, 2.45) is 7.05 Å². The minimum absolute atomic E-state index is 0.0484. The van der Waals surface area contributed by atoms with E-state index in [0.717, 1.165) is 4.68 Å². The number of fused-ring (bicyclic) bond motifs is 1. The first-order valence-corrected chi connectivity index (χ1v) is 8.37. The summed E-state index contributed by atoms with van der Waals surface area (Å²) < 4.78 is 54.3. The van der Waals surface area contributed by atoms with E-state index in [1.165, 1.54) is 24.7 Å². The Bertz CT molecular complexity index is 995. The van der Waals surface area contributed by atoms with Crippen molar-refractivity contribution in [2.75, 3.05) is 4.72 Å². The normalized spacial score (nSPS) is 12.2. The summed E-state index contributed by atoms with van der Waals surface area (Å²) in [6.45, 7) is 1.15. The summed E-state index contributed by atoms with van der Waals surface area (Å²) in [6, 6.07) is 1.47. The van der Waals surface area contributed by atoms with Crippen molar-refractivity contribution in [1.29, 1.82) is 0 Å². The van der Waals surface area contributed by atoms with Crippen molar-refractivity contribution in [2.45, 2.75) is 24.8 Å². The number of halogens is 2. The molecule has 3 rings (SSSR count). The van der Waals surface area contributed by atoms with Crippen LogP contribution < -0.4 is 4.72 Å². The van der Waals surface area contributed by atoms with Crippen LogP contribution in [0.15, 0.2) is 29.6 Å². The Hall–Kier alpha value is -2.56. The average Bonchev–Trinajstić information content (AvgIpc) is 3.03. The molecule has 3 aromatic rings. The number of hydrogen-bond acceptors (Lipinski definition) is 5. The molecule has 3 aromatic heterocycles. The van der Waals surface area contributed by atoms with E-state index in [9.17, 15) is 17.2 Å². The molecule has 11 heteroatoms. The summed E-state index contributed by atoms with van der Waals surface area (Å²) in [5.41, 5.74) is 1.32. The average molecular weight is 356 g/mol. The van der Waals surface area contributed by atoms with Crippen LogP contribution in [0.2, 0.25) is 0 Å². The molecule has 0 fully saturated rings. The lowest BCUT2D eigenvalue weighted by atomic mass is 10.3. The van der Waals surface area contributed by atoms with E-state index in [1.807, 2.05) is 0 Å². The van der Waals surface area contributed by atoms with E-state index >= 15 is 0 Å². The zero-order chi connectivity index (χ0) is 17.5. The molecule has 0 bridgehead atoms. The van der Waals surface area contributed by atoms with Crippen LogP contribution in [-0.4, -0.2) is 39.4 Å². The van der Waals surface area contributed by atoms with Gasteiger partial charge < -0.3 is 0 Å². The summed E-state index contributed by atoms with van der Waals surface area (Å²) in [6.07, 6.45) is 1.01. The molecule has 24 heavy (non-hydrogen) atoms. The summed E-state index contributed by atoms with van der Waals surface area (Å²) in [5.74, 6) is 0. The maximum atomic E-state index is 12.4.